The second-order valence-corrected chi connectivity index (χ2v) is 7.59. The number of carbonyl (C=O) groups excluding carboxylic acids is 1. The number of rotatable bonds is 5. The molecular weight excluding hydrogens is 376 g/mol. The van der Waals surface area contributed by atoms with Crippen LogP contribution in [0.5, 0.6) is 0 Å². The lowest BCUT2D eigenvalue weighted by atomic mass is 10.1. The second kappa shape index (κ2) is 8.04. The third-order valence-electron chi connectivity index (χ3n) is 3.95. The second-order valence-electron chi connectivity index (χ2n) is 7.15. The van der Waals surface area contributed by atoms with E-state index < -0.39 is 5.60 Å². The van der Waals surface area contributed by atoms with Gasteiger partial charge in [-0.15, -0.1) is 0 Å². The molecule has 144 valence electrons. The number of aromatic nitrogens is 3. The van der Waals surface area contributed by atoms with Gasteiger partial charge in [0.2, 0.25) is 0 Å². The van der Waals surface area contributed by atoms with Gasteiger partial charge in [-0.05, 0) is 51.1 Å². The van der Waals surface area contributed by atoms with Crippen LogP contribution >= 0.6 is 11.6 Å². The van der Waals surface area contributed by atoms with E-state index in [1.807, 2.05) is 31.2 Å². The average molecular weight is 397 g/mol. The third kappa shape index (κ3) is 5.12. The van der Waals surface area contributed by atoms with Crippen LogP contribution in [0.4, 0.5) is 0 Å². The molecule has 2 heterocycles. The zero-order chi connectivity index (χ0) is 20.3. The number of pyridine rings is 1. The van der Waals surface area contributed by atoms with E-state index >= 15 is 0 Å². The molecule has 28 heavy (non-hydrogen) atoms. The molecule has 7 heteroatoms. The van der Waals surface area contributed by atoms with Crippen molar-refractivity contribution in [1.29, 1.82) is 0 Å². The van der Waals surface area contributed by atoms with Gasteiger partial charge in [-0.3, -0.25) is 9.78 Å². The summed E-state index contributed by atoms with van der Waals surface area (Å²) in [6.07, 6.45) is 1.68. The highest BCUT2D eigenvalue weighted by atomic mass is 35.5. The number of aryl methyl sites for hydroxylation is 1. The fourth-order valence-corrected chi connectivity index (χ4v) is 2.57. The summed E-state index contributed by atoms with van der Waals surface area (Å²) in [7, 11) is 0. The third-order valence-corrected chi connectivity index (χ3v) is 4.20. The van der Waals surface area contributed by atoms with Gasteiger partial charge in [-0.2, -0.15) is 0 Å². The molecule has 2 aromatic heterocycles. The van der Waals surface area contributed by atoms with Crippen molar-refractivity contribution in [2.24, 2.45) is 0 Å². The summed E-state index contributed by atoms with van der Waals surface area (Å²) in [5.74, 6) is 0.00872. The van der Waals surface area contributed by atoms with Crippen LogP contribution in [0.1, 0.15) is 30.0 Å². The van der Waals surface area contributed by atoms with E-state index in [1.54, 1.807) is 38.2 Å². The van der Waals surface area contributed by atoms with E-state index in [4.69, 9.17) is 11.6 Å². The van der Waals surface area contributed by atoms with E-state index in [0.29, 0.717) is 22.1 Å². The van der Waals surface area contributed by atoms with Gasteiger partial charge in [0, 0.05) is 34.6 Å². The SMILES string of the molecule is Cc1ccc(-c2nc(C(=O)NCC(C)(C)O)cc(-c3ccc(Cl)cc3)n2)cn1. The highest BCUT2D eigenvalue weighted by Crippen LogP contribution is 2.24. The molecule has 3 rings (SSSR count). The molecule has 6 nitrogen and oxygen atoms in total. The number of hydrogen-bond acceptors (Lipinski definition) is 5. The van der Waals surface area contributed by atoms with E-state index in [9.17, 15) is 9.90 Å². The lowest BCUT2D eigenvalue weighted by Gasteiger charge is -2.17. The summed E-state index contributed by atoms with van der Waals surface area (Å²) >= 11 is 5.98. The summed E-state index contributed by atoms with van der Waals surface area (Å²) in [5.41, 5.74) is 2.17. The van der Waals surface area contributed by atoms with Crippen molar-refractivity contribution in [2.45, 2.75) is 26.4 Å². The van der Waals surface area contributed by atoms with Crippen LogP contribution in [0.3, 0.4) is 0 Å². The van der Waals surface area contributed by atoms with Crippen LogP contribution in [0.15, 0.2) is 48.7 Å². The highest BCUT2D eigenvalue weighted by molar-refractivity contribution is 6.30. The Kier molecular flexibility index (Phi) is 5.72. The van der Waals surface area contributed by atoms with Crippen molar-refractivity contribution in [3.05, 3.63) is 65.1 Å². The van der Waals surface area contributed by atoms with Gasteiger partial charge >= 0.3 is 0 Å². The molecule has 0 saturated heterocycles. The average Bonchev–Trinajstić information content (AvgIpc) is 2.66. The van der Waals surface area contributed by atoms with Crippen molar-refractivity contribution in [3.63, 3.8) is 0 Å². The summed E-state index contributed by atoms with van der Waals surface area (Å²) in [6.45, 7) is 5.24. The topological polar surface area (TPSA) is 88.0 Å². The van der Waals surface area contributed by atoms with Gasteiger partial charge in [-0.1, -0.05) is 23.7 Å². The van der Waals surface area contributed by atoms with Gasteiger partial charge in [0.15, 0.2) is 5.82 Å². The van der Waals surface area contributed by atoms with Crippen LogP contribution in [0.25, 0.3) is 22.6 Å². The first-order valence-electron chi connectivity index (χ1n) is 8.80. The molecular formula is C21H21ClN4O2. The first-order chi connectivity index (χ1) is 13.2. The molecule has 2 N–H and O–H groups in total. The van der Waals surface area contributed by atoms with E-state index in [1.165, 1.54) is 0 Å². The van der Waals surface area contributed by atoms with Crippen LogP contribution in [-0.2, 0) is 0 Å². The highest BCUT2D eigenvalue weighted by Gasteiger charge is 2.18. The number of amides is 1. The fourth-order valence-electron chi connectivity index (χ4n) is 2.45. The number of carbonyl (C=O) groups is 1. The van der Waals surface area contributed by atoms with Gasteiger partial charge in [0.25, 0.3) is 5.91 Å². The lowest BCUT2D eigenvalue weighted by Crippen LogP contribution is -2.38. The molecule has 0 aliphatic carbocycles. The first kappa shape index (κ1) is 19.9. The molecule has 0 aliphatic heterocycles. The molecule has 0 atom stereocenters. The Balaban J connectivity index is 2.04. The van der Waals surface area contributed by atoms with Gasteiger partial charge in [-0.25, -0.2) is 9.97 Å². The zero-order valence-electron chi connectivity index (χ0n) is 15.9. The number of nitrogens with one attached hydrogen (secondary N) is 1. The van der Waals surface area contributed by atoms with Gasteiger partial charge in [0.1, 0.15) is 5.69 Å². The minimum Gasteiger partial charge on any atom is -0.389 e. The Morgan fingerprint density at radius 1 is 1.11 bits per heavy atom. The Morgan fingerprint density at radius 2 is 1.79 bits per heavy atom. The fraction of sp³-hybridized carbons (Fsp3) is 0.238. The van der Waals surface area contributed by atoms with Crippen LogP contribution in [0, 0.1) is 6.92 Å². The van der Waals surface area contributed by atoms with Crippen LogP contribution < -0.4 is 5.32 Å². The largest absolute Gasteiger partial charge is 0.389 e. The maximum absolute atomic E-state index is 12.6. The van der Waals surface area contributed by atoms with Crippen molar-refractivity contribution in [2.75, 3.05) is 6.54 Å². The monoisotopic (exact) mass is 396 g/mol. The van der Waals surface area contributed by atoms with Crippen molar-refractivity contribution in [3.8, 4) is 22.6 Å². The predicted molar refractivity (Wildman–Crippen MR) is 109 cm³/mol. The number of halogens is 1. The minimum absolute atomic E-state index is 0.105. The standard InChI is InChI=1S/C21H21ClN4O2/c1-13-4-5-15(11-23-13)19-25-17(14-6-8-16(22)9-7-14)10-18(26-19)20(27)24-12-21(2,3)28/h4-11,28H,12H2,1-3H3,(H,24,27). The number of nitrogens with zero attached hydrogens (tertiary/aromatic N) is 3. The van der Waals surface area contributed by atoms with Gasteiger partial charge in [0.05, 0.1) is 11.3 Å². The van der Waals surface area contributed by atoms with Gasteiger partial charge < -0.3 is 10.4 Å². The maximum Gasteiger partial charge on any atom is 0.270 e. The summed E-state index contributed by atoms with van der Waals surface area (Å²) < 4.78 is 0. The minimum atomic E-state index is -1.02. The Bertz CT molecular complexity index is 917. The number of hydrogen-bond donors (Lipinski definition) is 2. The normalized spacial score (nSPS) is 11.3. The number of aliphatic hydroxyl groups is 1. The smallest absolute Gasteiger partial charge is 0.270 e. The van der Waals surface area contributed by atoms with Crippen LogP contribution in [-0.4, -0.2) is 38.1 Å². The zero-order valence-corrected chi connectivity index (χ0v) is 16.7. The predicted octanol–water partition coefficient (Wildman–Crippen LogP) is 3.67. The van der Waals surface area contributed by atoms with Crippen molar-refractivity contribution >= 4 is 17.5 Å². The van der Waals surface area contributed by atoms with E-state index in [-0.39, 0.29) is 18.1 Å². The maximum atomic E-state index is 12.6. The summed E-state index contributed by atoms with van der Waals surface area (Å²) in [6, 6.07) is 12.5. The summed E-state index contributed by atoms with van der Waals surface area (Å²) in [5, 5.41) is 13.2. The molecule has 0 radical (unpaired) electrons. The Labute approximate surface area is 168 Å². The molecule has 3 aromatic rings. The van der Waals surface area contributed by atoms with E-state index in [0.717, 1.165) is 11.3 Å². The quantitative estimate of drug-likeness (QED) is 0.687. The van der Waals surface area contributed by atoms with Crippen LogP contribution in [0.2, 0.25) is 5.02 Å². The van der Waals surface area contributed by atoms with E-state index in [2.05, 4.69) is 20.3 Å². The molecule has 1 aromatic carbocycles. The molecule has 0 aliphatic rings. The van der Waals surface area contributed by atoms with Crippen molar-refractivity contribution in [1.82, 2.24) is 20.3 Å². The van der Waals surface area contributed by atoms with Crippen molar-refractivity contribution < 1.29 is 9.90 Å². The Morgan fingerprint density at radius 3 is 2.39 bits per heavy atom. The summed E-state index contributed by atoms with van der Waals surface area (Å²) in [4.78, 5) is 25.9. The molecule has 0 unspecified atom stereocenters. The molecule has 0 fully saturated rings. The lowest BCUT2D eigenvalue weighted by molar-refractivity contribution is 0.0692. The number of benzene rings is 1. The molecule has 1 amide bonds. The molecule has 0 bridgehead atoms. The molecule has 0 spiro atoms. The molecule has 0 saturated carbocycles. The first-order valence-corrected chi connectivity index (χ1v) is 9.18. The Hall–Kier alpha value is -2.83.